The highest BCUT2D eigenvalue weighted by Crippen LogP contribution is 2.32. The molecule has 0 spiro atoms. The molecule has 0 N–H and O–H groups in total. The fourth-order valence-corrected chi connectivity index (χ4v) is 4.57. The van der Waals surface area contributed by atoms with E-state index in [1.807, 2.05) is 30.6 Å². The first kappa shape index (κ1) is 18.2. The molecule has 0 unspecified atom stereocenters. The Kier molecular flexibility index (Phi) is 5.87. The van der Waals surface area contributed by atoms with Crippen LogP contribution in [0.1, 0.15) is 37.0 Å². The lowest BCUT2D eigenvalue weighted by molar-refractivity contribution is -0.130. The highest BCUT2D eigenvalue weighted by molar-refractivity contribution is 5.76. The number of likely N-dealkylation sites (tertiary alicyclic amines) is 2. The quantitative estimate of drug-likeness (QED) is 0.785. The summed E-state index contributed by atoms with van der Waals surface area (Å²) in [5.41, 5.74) is 1.30. The van der Waals surface area contributed by atoms with Crippen LogP contribution in [-0.4, -0.2) is 46.9 Å². The predicted octanol–water partition coefficient (Wildman–Crippen LogP) is 3.37. The van der Waals surface area contributed by atoms with E-state index in [1.54, 1.807) is 6.26 Å². The molecule has 0 aromatic carbocycles. The minimum Gasteiger partial charge on any atom is -0.469 e. The Morgan fingerprint density at radius 1 is 1.11 bits per heavy atom. The van der Waals surface area contributed by atoms with E-state index in [-0.39, 0.29) is 5.91 Å². The Bertz CT molecular complexity index is 708. The maximum absolute atomic E-state index is 12.5. The van der Waals surface area contributed by atoms with Gasteiger partial charge in [0.1, 0.15) is 5.76 Å². The van der Waals surface area contributed by atoms with Crippen LogP contribution in [0.4, 0.5) is 0 Å². The summed E-state index contributed by atoms with van der Waals surface area (Å²) in [6, 6.07) is 7.99. The Balaban J connectivity index is 1.20. The van der Waals surface area contributed by atoms with Crippen LogP contribution in [0.15, 0.2) is 47.3 Å². The van der Waals surface area contributed by atoms with E-state index in [9.17, 15) is 4.79 Å². The Morgan fingerprint density at radius 3 is 2.70 bits per heavy atom. The van der Waals surface area contributed by atoms with Crippen molar-refractivity contribution in [3.63, 3.8) is 0 Å². The molecule has 1 atom stereocenters. The van der Waals surface area contributed by atoms with Crippen molar-refractivity contribution in [1.29, 1.82) is 0 Å². The van der Waals surface area contributed by atoms with Crippen LogP contribution in [0, 0.1) is 11.8 Å². The number of aryl methyl sites for hydroxylation is 1. The van der Waals surface area contributed by atoms with Crippen LogP contribution in [0.2, 0.25) is 0 Å². The molecule has 1 amide bonds. The minimum absolute atomic E-state index is 0.280. The molecular weight excluding hydrogens is 338 g/mol. The van der Waals surface area contributed by atoms with Crippen molar-refractivity contribution in [2.75, 3.05) is 26.2 Å². The molecule has 2 aromatic heterocycles. The molecule has 144 valence electrons. The number of pyridine rings is 1. The van der Waals surface area contributed by atoms with Crippen molar-refractivity contribution in [2.45, 2.75) is 38.6 Å². The zero-order valence-corrected chi connectivity index (χ0v) is 15.9. The van der Waals surface area contributed by atoms with Gasteiger partial charge < -0.3 is 9.32 Å². The summed E-state index contributed by atoms with van der Waals surface area (Å²) in [7, 11) is 0. The third kappa shape index (κ3) is 4.78. The zero-order valence-electron chi connectivity index (χ0n) is 15.9. The molecule has 2 aliphatic heterocycles. The average Bonchev–Trinajstić information content (AvgIpc) is 3.40. The number of carbonyl (C=O) groups is 1. The molecule has 4 heterocycles. The standard InChI is InChI=1S/C22H29N3O2/c26-22(6-5-21-4-2-14-27-21)25-13-9-20(17-25)19-7-11-24(12-8-19)16-18-3-1-10-23-15-18/h1-4,10,14-15,19-20H,5-9,11-13,16-17H2/t20-/m0/s1. The largest absolute Gasteiger partial charge is 0.469 e. The molecule has 4 rings (SSSR count). The molecule has 5 heteroatoms. The second kappa shape index (κ2) is 8.70. The van der Waals surface area contributed by atoms with Crippen LogP contribution in [-0.2, 0) is 17.8 Å². The number of hydrogen-bond acceptors (Lipinski definition) is 4. The summed E-state index contributed by atoms with van der Waals surface area (Å²) in [6.45, 7) is 5.19. The summed E-state index contributed by atoms with van der Waals surface area (Å²) in [5.74, 6) is 2.62. The Morgan fingerprint density at radius 2 is 1.96 bits per heavy atom. The van der Waals surface area contributed by atoms with Crippen molar-refractivity contribution in [3.05, 3.63) is 54.2 Å². The summed E-state index contributed by atoms with van der Waals surface area (Å²) >= 11 is 0. The third-order valence-corrected chi connectivity index (χ3v) is 6.17. The molecule has 2 aliphatic rings. The topological polar surface area (TPSA) is 49.6 Å². The monoisotopic (exact) mass is 367 g/mol. The van der Waals surface area contributed by atoms with Gasteiger partial charge in [-0.3, -0.25) is 14.7 Å². The van der Waals surface area contributed by atoms with E-state index in [2.05, 4.69) is 20.9 Å². The number of rotatable bonds is 6. The molecule has 0 bridgehead atoms. The summed E-state index contributed by atoms with van der Waals surface area (Å²) in [6.07, 6.45) is 10.4. The highest BCUT2D eigenvalue weighted by Gasteiger charge is 2.33. The van der Waals surface area contributed by atoms with Gasteiger partial charge in [-0.15, -0.1) is 0 Å². The molecule has 0 aliphatic carbocycles. The van der Waals surface area contributed by atoms with Gasteiger partial charge in [0.2, 0.25) is 5.91 Å². The third-order valence-electron chi connectivity index (χ3n) is 6.17. The van der Waals surface area contributed by atoms with Crippen LogP contribution >= 0.6 is 0 Å². The lowest BCUT2D eigenvalue weighted by Crippen LogP contribution is -2.37. The van der Waals surface area contributed by atoms with E-state index >= 15 is 0 Å². The smallest absolute Gasteiger partial charge is 0.223 e. The number of hydrogen-bond donors (Lipinski definition) is 0. The van der Waals surface area contributed by atoms with E-state index in [1.165, 1.54) is 24.8 Å². The normalized spacial score (nSPS) is 21.6. The summed E-state index contributed by atoms with van der Waals surface area (Å²) in [5, 5.41) is 0. The maximum atomic E-state index is 12.5. The molecule has 0 radical (unpaired) electrons. The van der Waals surface area contributed by atoms with E-state index < -0.39 is 0 Å². The first-order valence-electron chi connectivity index (χ1n) is 10.2. The Hall–Kier alpha value is -2.14. The van der Waals surface area contributed by atoms with Crippen LogP contribution < -0.4 is 0 Å². The van der Waals surface area contributed by atoms with Crippen LogP contribution in [0.5, 0.6) is 0 Å². The van der Waals surface area contributed by atoms with E-state index in [4.69, 9.17) is 4.42 Å². The highest BCUT2D eigenvalue weighted by atomic mass is 16.3. The minimum atomic E-state index is 0.280. The van der Waals surface area contributed by atoms with Gasteiger partial charge in [0.25, 0.3) is 0 Å². The number of aromatic nitrogens is 1. The molecule has 2 aromatic rings. The molecule has 5 nitrogen and oxygen atoms in total. The van der Waals surface area contributed by atoms with Crippen molar-refractivity contribution < 1.29 is 9.21 Å². The van der Waals surface area contributed by atoms with Gasteiger partial charge in [0.15, 0.2) is 0 Å². The van der Waals surface area contributed by atoms with Crippen molar-refractivity contribution in [3.8, 4) is 0 Å². The van der Waals surface area contributed by atoms with E-state index in [0.29, 0.717) is 18.8 Å². The number of carbonyl (C=O) groups excluding carboxylic acids is 1. The van der Waals surface area contributed by atoms with Gasteiger partial charge in [0.05, 0.1) is 6.26 Å². The fourth-order valence-electron chi connectivity index (χ4n) is 4.57. The first-order valence-corrected chi connectivity index (χ1v) is 10.2. The van der Waals surface area contributed by atoms with Gasteiger partial charge in [-0.1, -0.05) is 6.07 Å². The van der Waals surface area contributed by atoms with Crippen molar-refractivity contribution in [1.82, 2.24) is 14.8 Å². The molecule has 2 fully saturated rings. The summed E-state index contributed by atoms with van der Waals surface area (Å²) < 4.78 is 5.34. The number of amides is 1. The van der Waals surface area contributed by atoms with Crippen LogP contribution in [0.3, 0.4) is 0 Å². The average molecular weight is 367 g/mol. The second-order valence-electron chi connectivity index (χ2n) is 7.94. The van der Waals surface area contributed by atoms with Gasteiger partial charge in [0, 0.05) is 44.9 Å². The maximum Gasteiger partial charge on any atom is 0.223 e. The second-order valence-corrected chi connectivity index (χ2v) is 7.94. The lowest BCUT2D eigenvalue weighted by atomic mass is 9.83. The molecular formula is C22H29N3O2. The molecule has 27 heavy (non-hydrogen) atoms. The number of nitrogens with zero attached hydrogens (tertiary/aromatic N) is 3. The molecule has 0 saturated carbocycles. The van der Waals surface area contributed by atoms with Crippen molar-refractivity contribution >= 4 is 5.91 Å². The summed E-state index contributed by atoms with van der Waals surface area (Å²) in [4.78, 5) is 21.3. The van der Waals surface area contributed by atoms with E-state index in [0.717, 1.165) is 44.4 Å². The van der Waals surface area contributed by atoms with Crippen molar-refractivity contribution in [2.24, 2.45) is 11.8 Å². The zero-order chi connectivity index (χ0) is 18.5. The lowest BCUT2D eigenvalue weighted by Gasteiger charge is -2.34. The predicted molar refractivity (Wildman–Crippen MR) is 104 cm³/mol. The van der Waals surface area contributed by atoms with Gasteiger partial charge >= 0.3 is 0 Å². The van der Waals surface area contributed by atoms with Gasteiger partial charge in [-0.25, -0.2) is 0 Å². The van der Waals surface area contributed by atoms with Crippen LogP contribution in [0.25, 0.3) is 0 Å². The fraction of sp³-hybridized carbons (Fsp3) is 0.545. The SMILES string of the molecule is O=C(CCc1ccco1)N1CC[C@H](C2CCN(Cc3cccnc3)CC2)C1. The number of piperidine rings is 1. The first-order chi connectivity index (χ1) is 13.3. The van der Waals surface area contributed by atoms with Gasteiger partial charge in [-0.05, 0) is 68.0 Å². The number of furan rings is 1. The van der Waals surface area contributed by atoms with Gasteiger partial charge in [-0.2, -0.15) is 0 Å². The molecule has 2 saturated heterocycles. The Labute approximate surface area is 161 Å².